The zero-order valence-electron chi connectivity index (χ0n) is 12.6. The minimum atomic E-state index is -2.69. The first-order chi connectivity index (χ1) is 10.9. The number of alkyl halides is 2. The molecule has 2 aromatic rings. The summed E-state index contributed by atoms with van der Waals surface area (Å²) >= 11 is 9.07. The van der Waals surface area contributed by atoms with Crippen LogP contribution in [0.2, 0.25) is 5.02 Å². The molecule has 0 aliphatic carbocycles. The van der Waals surface area contributed by atoms with Crippen LogP contribution < -0.4 is 10.3 Å². The Balaban J connectivity index is 0.00000288. The van der Waals surface area contributed by atoms with Crippen molar-refractivity contribution >= 4 is 27.5 Å². The minimum absolute atomic E-state index is 0. The summed E-state index contributed by atoms with van der Waals surface area (Å²) in [5.41, 5.74) is 0.0429. The standard InChI is InChI=1S/C15H12BrClF2NO3.Y/c1-22-8-23-9-2-3-10(11(16)6-9)13-5-4-12(17)15(21)20(13)7-14(18)19;/h2-4,6,14H,7-8H2,1H3;/q-1;. The van der Waals surface area contributed by atoms with Gasteiger partial charge in [-0.05, 0) is 16.6 Å². The van der Waals surface area contributed by atoms with Crippen molar-refractivity contribution in [2.45, 2.75) is 13.0 Å². The van der Waals surface area contributed by atoms with Crippen LogP contribution in [-0.2, 0) is 44.0 Å². The molecule has 127 valence electrons. The number of methoxy groups -OCH3 is 1. The second-order valence-corrected chi connectivity index (χ2v) is 5.75. The molecule has 0 amide bonds. The Morgan fingerprint density at radius 2 is 2.12 bits per heavy atom. The first-order valence-electron chi connectivity index (χ1n) is 6.45. The summed E-state index contributed by atoms with van der Waals surface area (Å²) in [6.45, 7) is -0.686. The van der Waals surface area contributed by atoms with Gasteiger partial charge in [0.05, 0.1) is 6.54 Å². The van der Waals surface area contributed by atoms with Gasteiger partial charge in [-0.3, -0.25) is 4.79 Å². The Morgan fingerprint density at radius 3 is 2.71 bits per heavy atom. The van der Waals surface area contributed by atoms with Crippen LogP contribution in [0.25, 0.3) is 11.3 Å². The third-order valence-electron chi connectivity index (χ3n) is 2.91. The Morgan fingerprint density at radius 1 is 1.42 bits per heavy atom. The van der Waals surface area contributed by atoms with E-state index in [9.17, 15) is 13.6 Å². The van der Waals surface area contributed by atoms with E-state index in [1.54, 1.807) is 18.2 Å². The van der Waals surface area contributed by atoms with E-state index in [1.807, 2.05) is 0 Å². The predicted molar refractivity (Wildman–Crippen MR) is 86.2 cm³/mol. The molecular weight excluding hydrogens is 484 g/mol. The van der Waals surface area contributed by atoms with Crippen molar-refractivity contribution in [1.29, 1.82) is 0 Å². The topological polar surface area (TPSA) is 40.5 Å². The fraction of sp³-hybridized carbons (Fsp3) is 0.267. The number of hydrogen-bond acceptors (Lipinski definition) is 3. The quantitative estimate of drug-likeness (QED) is 0.449. The molecule has 0 saturated heterocycles. The van der Waals surface area contributed by atoms with E-state index in [2.05, 4.69) is 22.0 Å². The van der Waals surface area contributed by atoms with Crippen LogP contribution in [0.5, 0.6) is 5.75 Å². The number of nitrogens with zero attached hydrogens (tertiary/aromatic N) is 1. The van der Waals surface area contributed by atoms with Crippen LogP contribution >= 0.6 is 27.5 Å². The Kier molecular flexibility index (Phi) is 9.02. The summed E-state index contributed by atoms with van der Waals surface area (Å²) in [7, 11) is 1.50. The van der Waals surface area contributed by atoms with Gasteiger partial charge in [0.25, 0.3) is 6.43 Å². The minimum Gasteiger partial charge on any atom is -0.468 e. The van der Waals surface area contributed by atoms with Gasteiger partial charge in [0.2, 0.25) is 5.56 Å². The Labute approximate surface area is 176 Å². The van der Waals surface area contributed by atoms with Crippen molar-refractivity contribution in [3.05, 3.63) is 50.2 Å². The zero-order chi connectivity index (χ0) is 17.0. The van der Waals surface area contributed by atoms with Crippen LogP contribution in [0.1, 0.15) is 0 Å². The molecule has 9 heteroatoms. The third-order valence-corrected chi connectivity index (χ3v) is 3.84. The Bertz CT molecular complexity index is 758. The van der Waals surface area contributed by atoms with Crippen LogP contribution in [0, 0.1) is 6.07 Å². The number of benzene rings is 1. The number of aromatic nitrogens is 1. The van der Waals surface area contributed by atoms with Crippen molar-refractivity contribution in [3.8, 4) is 17.0 Å². The van der Waals surface area contributed by atoms with Gasteiger partial charge in [-0.1, -0.05) is 27.2 Å². The predicted octanol–water partition coefficient (Wildman–Crippen LogP) is 3.98. The summed E-state index contributed by atoms with van der Waals surface area (Å²) in [6.07, 6.45) is -2.69. The molecule has 24 heavy (non-hydrogen) atoms. The molecule has 0 atom stereocenters. The molecule has 4 nitrogen and oxygen atoms in total. The first-order valence-corrected chi connectivity index (χ1v) is 7.62. The monoisotopic (exact) mass is 495 g/mol. The maximum atomic E-state index is 12.8. The van der Waals surface area contributed by atoms with E-state index in [0.717, 1.165) is 4.57 Å². The van der Waals surface area contributed by atoms with Crippen LogP contribution in [0.4, 0.5) is 8.78 Å². The van der Waals surface area contributed by atoms with Gasteiger partial charge < -0.3 is 14.0 Å². The summed E-state index contributed by atoms with van der Waals surface area (Å²) in [5, 5.41) is -0.162. The average molecular weight is 497 g/mol. The number of pyridine rings is 1. The molecule has 1 radical (unpaired) electrons. The van der Waals surface area contributed by atoms with E-state index < -0.39 is 18.5 Å². The smallest absolute Gasteiger partial charge is 0.256 e. The molecule has 1 aromatic carbocycles. The van der Waals surface area contributed by atoms with Crippen LogP contribution in [0.3, 0.4) is 0 Å². The first kappa shape index (κ1) is 21.7. The number of rotatable bonds is 6. The Hall–Kier alpha value is -0.336. The van der Waals surface area contributed by atoms with Gasteiger partial charge in [0, 0.05) is 44.8 Å². The maximum Gasteiger partial charge on any atom is 0.256 e. The van der Waals surface area contributed by atoms with Gasteiger partial charge in [-0.15, -0.1) is 6.07 Å². The van der Waals surface area contributed by atoms with Gasteiger partial charge in [0.15, 0.2) is 6.79 Å². The average Bonchev–Trinajstić information content (AvgIpc) is 2.50. The van der Waals surface area contributed by atoms with Crippen molar-refractivity contribution < 1.29 is 51.0 Å². The second kappa shape index (κ2) is 9.97. The molecule has 0 fully saturated rings. The molecule has 0 bridgehead atoms. The summed E-state index contributed by atoms with van der Waals surface area (Å²) in [6, 6.07) is 8.96. The van der Waals surface area contributed by atoms with E-state index in [0.29, 0.717) is 15.8 Å². The zero-order valence-corrected chi connectivity index (χ0v) is 17.7. The van der Waals surface area contributed by atoms with E-state index in [1.165, 1.54) is 13.2 Å². The van der Waals surface area contributed by atoms with Crippen molar-refractivity contribution in [3.63, 3.8) is 0 Å². The molecule has 2 rings (SSSR count). The van der Waals surface area contributed by atoms with Gasteiger partial charge >= 0.3 is 0 Å². The van der Waals surface area contributed by atoms with Crippen molar-refractivity contribution in [2.75, 3.05) is 13.9 Å². The SMILES string of the molecule is COCOc1ccc(-c2[c-]cc(Cl)c(=O)n2CC(F)F)c(Br)c1.[Y]. The molecule has 1 aromatic heterocycles. The number of halogens is 4. The molecule has 0 spiro atoms. The summed E-state index contributed by atoms with van der Waals surface area (Å²) in [4.78, 5) is 12.0. The fourth-order valence-electron chi connectivity index (χ4n) is 1.94. The van der Waals surface area contributed by atoms with Gasteiger partial charge in [-0.2, -0.15) is 23.7 Å². The van der Waals surface area contributed by atoms with Crippen LogP contribution in [0.15, 0.2) is 33.5 Å². The van der Waals surface area contributed by atoms with Gasteiger partial charge in [-0.25, -0.2) is 8.78 Å². The van der Waals surface area contributed by atoms with Crippen LogP contribution in [-0.4, -0.2) is 24.9 Å². The molecule has 0 aliphatic rings. The van der Waals surface area contributed by atoms with Crippen molar-refractivity contribution in [2.24, 2.45) is 0 Å². The molecule has 0 saturated carbocycles. The molecule has 0 N–H and O–H groups in total. The molecular formula is C15H12BrClF2NO3Y-. The number of hydrogen-bond donors (Lipinski definition) is 0. The molecule has 0 unspecified atom stereocenters. The molecule has 1 heterocycles. The largest absolute Gasteiger partial charge is 0.468 e. The summed E-state index contributed by atoms with van der Waals surface area (Å²) < 4.78 is 37.1. The summed E-state index contributed by atoms with van der Waals surface area (Å²) in [5.74, 6) is 0.527. The number of ether oxygens (including phenoxy) is 2. The van der Waals surface area contributed by atoms with E-state index >= 15 is 0 Å². The van der Waals surface area contributed by atoms with Crippen molar-refractivity contribution in [1.82, 2.24) is 4.57 Å². The maximum absolute atomic E-state index is 12.8. The van der Waals surface area contributed by atoms with E-state index in [4.69, 9.17) is 21.1 Å². The van der Waals surface area contributed by atoms with E-state index in [-0.39, 0.29) is 50.2 Å². The molecule has 0 aliphatic heterocycles. The normalized spacial score (nSPS) is 10.6. The second-order valence-electron chi connectivity index (χ2n) is 4.48. The van der Waals surface area contributed by atoms with Gasteiger partial charge in [0.1, 0.15) is 5.75 Å². The third kappa shape index (κ3) is 5.33. The fourth-order valence-corrected chi connectivity index (χ4v) is 2.64.